The SMILES string of the molecule is CCc1ccc(CC(C)CO)cc1. The van der Waals surface area contributed by atoms with Crippen molar-refractivity contribution in [2.45, 2.75) is 26.7 Å². The van der Waals surface area contributed by atoms with Gasteiger partial charge in [0.05, 0.1) is 0 Å². The minimum Gasteiger partial charge on any atom is -0.396 e. The summed E-state index contributed by atoms with van der Waals surface area (Å²) in [5.74, 6) is 0.368. The van der Waals surface area contributed by atoms with Crippen molar-refractivity contribution in [3.8, 4) is 0 Å². The summed E-state index contributed by atoms with van der Waals surface area (Å²) < 4.78 is 0. The van der Waals surface area contributed by atoms with Gasteiger partial charge in [0.2, 0.25) is 0 Å². The molecule has 0 aromatic heterocycles. The fourth-order valence-corrected chi connectivity index (χ4v) is 1.38. The average Bonchev–Trinajstić information content (AvgIpc) is 2.19. The van der Waals surface area contributed by atoms with Crippen LogP contribution in [0.2, 0.25) is 0 Å². The van der Waals surface area contributed by atoms with Gasteiger partial charge in [-0.2, -0.15) is 0 Å². The number of aliphatic hydroxyl groups excluding tert-OH is 1. The van der Waals surface area contributed by atoms with Gasteiger partial charge >= 0.3 is 0 Å². The largest absolute Gasteiger partial charge is 0.396 e. The van der Waals surface area contributed by atoms with E-state index in [4.69, 9.17) is 5.11 Å². The summed E-state index contributed by atoms with van der Waals surface area (Å²) in [7, 11) is 0. The third-order valence-corrected chi connectivity index (χ3v) is 2.33. The highest BCUT2D eigenvalue weighted by atomic mass is 16.3. The van der Waals surface area contributed by atoms with Crippen molar-refractivity contribution in [2.24, 2.45) is 5.92 Å². The lowest BCUT2D eigenvalue weighted by Gasteiger charge is -2.07. The Morgan fingerprint density at radius 3 is 2.15 bits per heavy atom. The fourth-order valence-electron chi connectivity index (χ4n) is 1.38. The van der Waals surface area contributed by atoms with Crippen LogP contribution in [-0.4, -0.2) is 11.7 Å². The van der Waals surface area contributed by atoms with Crippen LogP contribution < -0.4 is 0 Å². The minimum atomic E-state index is 0.273. The monoisotopic (exact) mass is 178 g/mol. The molecule has 1 N–H and O–H groups in total. The Labute approximate surface area is 80.4 Å². The number of hydrogen-bond donors (Lipinski definition) is 1. The second-order valence-electron chi connectivity index (χ2n) is 3.66. The van der Waals surface area contributed by atoms with Crippen LogP contribution in [0.15, 0.2) is 24.3 Å². The summed E-state index contributed by atoms with van der Waals surface area (Å²) >= 11 is 0. The van der Waals surface area contributed by atoms with E-state index < -0.39 is 0 Å². The smallest absolute Gasteiger partial charge is 0.0459 e. The van der Waals surface area contributed by atoms with Crippen LogP contribution in [0.5, 0.6) is 0 Å². The Morgan fingerprint density at radius 2 is 1.69 bits per heavy atom. The first kappa shape index (κ1) is 10.3. The second kappa shape index (κ2) is 5.03. The number of aryl methyl sites for hydroxylation is 1. The van der Waals surface area contributed by atoms with Gasteiger partial charge in [0.1, 0.15) is 0 Å². The quantitative estimate of drug-likeness (QED) is 0.750. The Bertz CT molecular complexity index is 238. The number of benzene rings is 1. The molecule has 0 amide bonds. The van der Waals surface area contributed by atoms with Gasteiger partial charge in [0, 0.05) is 6.61 Å². The van der Waals surface area contributed by atoms with Crippen molar-refractivity contribution >= 4 is 0 Å². The van der Waals surface area contributed by atoms with Crippen molar-refractivity contribution in [3.05, 3.63) is 35.4 Å². The molecular weight excluding hydrogens is 160 g/mol. The number of rotatable bonds is 4. The summed E-state index contributed by atoms with van der Waals surface area (Å²) in [5, 5.41) is 8.90. The first-order valence-electron chi connectivity index (χ1n) is 4.95. The van der Waals surface area contributed by atoms with Gasteiger partial charge in [-0.15, -0.1) is 0 Å². The Kier molecular flexibility index (Phi) is 3.97. The molecule has 0 aliphatic rings. The molecule has 1 aromatic rings. The predicted octanol–water partition coefficient (Wildman–Crippen LogP) is 2.42. The Balaban J connectivity index is 2.58. The third kappa shape index (κ3) is 3.19. The molecule has 0 saturated heterocycles. The molecule has 1 unspecified atom stereocenters. The van der Waals surface area contributed by atoms with Crippen LogP contribution in [0.1, 0.15) is 25.0 Å². The topological polar surface area (TPSA) is 20.2 Å². The highest BCUT2D eigenvalue weighted by Gasteiger charge is 2.01. The van der Waals surface area contributed by atoms with Crippen LogP contribution in [0.4, 0.5) is 0 Å². The molecule has 72 valence electrons. The summed E-state index contributed by atoms with van der Waals surface area (Å²) in [6.45, 7) is 4.49. The molecule has 0 heterocycles. The van der Waals surface area contributed by atoms with Gasteiger partial charge in [-0.3, -0.25) is 0 Å². The third-order valence-electron chi connectivity index (χ3n) is 2.33. The van der Waals surface area contributed by atoms with Crippen molar-refractivity contribution in [3.63, 3.8) is 0 Å². The molecule has 0 spiro atoms. The lowest BCUT2D eigenvalue weighted by molar-refractivity contribution is 0.237. The molecule has 13 heavy (non-hydrogen) atoms. The summed E-state index contributed by atoms with van der Waals surface area (Å²) in [6, 6.07) is 8.65. The standard InChI is InChI=1S/C12H18O/c1-3-11-4-6-12(7-5-11)8-10(2)9-13/h4-7,10,13H,3,8-9H2,1-2H3. The van der Waals surface area contributed by atoms with E-state index in [2.05, 4.69) is 38.1 Å². The van der Waals surface area contributed by atoms with Crippen molar-refractivity contribution in [1.82, 2.24) is 0 Å². The maximum absolute atomic E-state index is 8.90. The van der Waals surface area contributed by atoms with Gasteiger partial charge in [-0.05, 0) is 29.9 Å². The highest BCUT2D eigenvalue weighted by Crippen LogP contribution is 2.10. The van der Waals surface area contributed by atoms with Crippen LogP contribution >= 0.6 is 0 Å². The number of aliphatic hydroxyl groups is 1. The number of hydrogen-bond acceptors (Lipinski definition) is 1. The fraction of sp³-hybridized carbons (Fsp3) is 0.500. The van der Waals surface area contributed by atoms with Crippen LogP contribution in [0, 0.1) is 5.92 Å². The molecule has 0 aliphatic carbocycles. The summed E-state index contributed by atoms with van der Waals surface area (Å²) in [6.07, 6.45) is 2.07. The van der Waals surface area contributed by atoms with Crippen LogP contribution in [0.3, 0.4) is 0 Å². The van der Waals surface area contributed by atoms with Gasteiger partial charge < -0.3 is 5.11 Å². The van der Waals surface area contributed by atoms with E-state index in [1.165, 1.54) is 11.1 Å². The molecule has 0 aliphatic heterocycles. The molecule has 0 bridgehead atoms. The second-order valence-corrected chi connectivity index (χ2v) is 3.66. The van der Waals surface area contributed by atoms with E-state index in [0.717, 1.165) is 12.8 Å². The van der Waals surface area contributed by atoms with Crippen molar-refractivity contribution in [2.75, 3.05) is 6.61 Å². The molecule has 1 aromatic carbocycles. The van der Waals surface area contributed by atoms with E-state index in [0.29, 0.717) is 5.92 Å². The predicted molar refractivity (Wildman–Crippen MR) is 55.8 cm³/mol. The lowest BCUT2D eigenvalue weighted by Crippen LogP contribution is -2.04. The maximum atomic E-state index is 8.90. The summed E-state index contributed by atoms with van der Waals surface area (Å²) in [4.78, 5) is 0. The molecule has 0 saturated carbocycles. The van der Waals surface area contributed by atoms with Gasteiger partial charge in [0.15, 0.2) is 0 Å². The highest BCUT2D eigenvalue weighted by molar-refractivity contribution is 5.22. The molecule has 0 fully saturated rings. The van der Waals surface area contributed by atoms with Gasteiger partial charge in [0.25, 0.3) is 0 Å². The Morgan fingerprint density at radius 1 is 1.15 bits per heavy atom. The first-order chi connectivity index (χ1) is 6.26. The van der Waals surface area contributed by atoms with Gasteiger partial charge in [-0.25, -0.2) is 0 Å². The van der Waals surface area contributed by atoms with E-state index in [1.807, 2.05) is 0 Å². The maximum Gasteiger partial charge on any atom is 0.0459 e. The zero-order chi connectivity index (χ0) is 9.68. The van der Waals surface area contributed by atoms with E-state index >= 15 is 0 Å². The summed E-state index contributed by atoms with van der Waals surface area (Å²) in [5.41, 5.74) is 2.69. The van der Waals surface area contributed by atoms with E-state index in [1.54, 1.807) is 0 Å². The molecule has 1 atom stereocenters. The zero-order valence-corrected chi connectivity index (χ0v) is 8.46. The van der Waals surface area contributed by atoms with Crippen LogP contribution in [0.25, 0.3) is 0 Å². The normalized spacial score (nSPS) is 12.8. The molecule has 0 radical (unpaired) electrons. The molecule has 1 rings (SSSR count). The minimum absolute atomic E-state index is 0.273. The average molecular weight is 178 g/mol. The first-order valence-corrected chi connectivity index (χ1v) is 4.95. The molecular formula is C12H18O. The van der Waals surface area contributed by atoms with E-state index in [-0.39, 0.29) is 6.61 Å². The lowest BCUT2D eigenvalue weighted by atomic mass is 10.0. The van der Waals surface area contributed by atoms with E-state index in [9.17, 15) is 0 Å². The Hall–Kier alpha value is -0.820. The van der Waals surface area contributed by atoms with Crippen LogP contribution in [-0.2, 0) is 12.8 Å². The molecule has 1 nitrogen and oxygen atoms in total. The zero-order valence-electron chi connectivity index (χ0n) is 8.46. The molecule has 1 heteroatoms. The van der Waals surface area contributed by atoms with Crippen molar-refractivity contribution < 1.29 is 5.11 Å². The van der Waals surface area contributed by atoms with Crippen molar-refractivity contribution in [1.29, 1.82) is 0 Å². The van der Waals surface area contributed by atoms with Gasteiger partial charge in [-0.1, -0.05) is 38.1 Å².